The standard InChI is InChI=1S/C17H23N5O2/c1-13-9-15(20-12-19-13)22-8-4-6-17(24,11-22)10-18-16(23)14-5-3-7-21(14)2/h3,5,7,9,12,24H,4,6,8,10-11H2,1-2H3,(H,18,23). The Morgan fingerprint density at radius 2 is 2.29 bits per heavy atom. The van der Waals surface area contributed by atoms with Crippen molar-refractivity contribution >= 4 is 11.7 Å². The number of aryl methyl sites for hydroxylation is 2. The Bertz CT molecular complexity index is 729. The van der Waals surface area contributed by atoms with E-state index < -0.39 is 5.60 Å². The molecule has 1 saturated heterocycles. The van der Waals surface area contributed by atoms with Crippen LogP contribution in [-0.2, 0) is 7.05 Å². The Balaban J connectivity index is 1.64. The highest BCUT2D eigenvalue weighted by Crippen LogP contribution is 2.24. The predicted molar refractivity (Wildman–Crippen MR) is 90.9 cm³/mol. The maximum absolute atomic E-state index is 12.2. The van der Waals surface area contributed by atoms with Crippen LogP contribution < -0.4 is 10.2 Å². The van der Waals surface area contributed by atoms with Gasteiger partial charge in [0.05, 0.1) is 5.60 Å². The third kappa shape index (κ3) is 3.56. The molecule has 0 bridgehead atoms. The van der Waals surface area contributed by atoms with Crippen LogP contribution in [0.15, 0.2) is 30.7 Å². The normalized spacial score (nSPS) is 20.9. The summed E-state index contributed by atoms with van der Waals surface area (Å²) in [6.07, 6.45) is 4.86. The molecule has 1 unspecified atom stereocenters. The van der Waals surface area contributed by atoms with Gasteiger partial charge in [0.15, 0.2) is 0 Å². The number of aromatic nitrogens is 3. The zero-order chi connectivity index (χ0) is 17.2. The first kappa shape index (κ1) is 16.4. The van der Waals surface area contributed by atoms with Crippen molar-refractivity contribution in [1.29, 1.82) is 0 Å². The molecule has 0 aromatic carbocycles. The van der Waals surface area contributed by atoms with Crippen molar-refractivity contribution in [2.45, 2.75) is 25.4 Å². The summed E-state index contributed by atoms with van der Waals surface area (Å²) in [5, 5.41) is 13.7. The van der Waals surface area contributed by atoms with Crippen LogP contribution in [0.2, 0.25) is 0 Å². The first-order chi connectivity index (χ1) is 11.5. The Morgan fingerprint density at radius 3 is 3.00 bits per heavy atom. The van der Waals surface area contributed by atoms with Gasteiger partial charge in [-0.3, -0.25) is 4.79 Å². The van der Waals surface area contributed by atoms with Gasteiger partial charge in [-0.1, -0.05) is 0 Å². The highest BCUT2D eigenvalue weighted by Gasteiger charge is 2.34. The molecule has 2 aromatic heterocycles. The van der Waals surface area contributed by atoms with Gasteiger partial charge in [0.2, 0.25) is 0 Å². The molecule has 7 nitrogen and oxygen atoms in total. The van der Waals surface area contributed by atoms with E-state index in [1.54, 1.807) is 10.6 Å². The van der Waals surface area contributed by atoms with E-state index in [1.165, 1.54) is 6.33 Å². The molecule has 0 spiro atoms. The second-order valence-electron chi connectivity index (χ2n) is 6.45. The molecule has 2 aromatic rings. The molecule has 0 aliphatic carbocycles. The monoisotopic (exact) mass is 329 g/mol. The summed E-state index contributed by atoms with van der Waals surface area (Å²) in [7, 11) is 1.82. The summed E-state index contributed by atoms with van der Waals surface area (Å²) >= 11 is 0. The van der Waals surface area contributed by atoms with Crippen molar-refractivity contribution in [2.24, 2.45) is 7.05 Å². The molecule has 1 aliphatic rings. The average Bonchev–Trinajstić information content (AvgIpc) is 2.99. The molecule has 1 aliphatic heterocycles. The summed E-state index contributed by atoms with van der Waals surface area (Å²) in [5.74, 6) is 0.639. The maximum atomic E-state index is 12.2. The van der Waals surface area contributed by atoms with E-state index in [1.807, 2.05) is 37.2 Å². The molecule has 128 valence electrons. The first-order valence-corrected chi connectivity index (χ1v) is 8.12. The number of carbonyl (C=O) groups is 1. The molecule has 0 saturated carbocycles. The minimum Gasteiger partial charge on any atom is -0.386 e. The molecular formula is C17H23N5O2. The highest BCUT2D eigenvalue weighted by atomic mass is 16.3. The number of carbonyl (C=O) groups excluding carboxylic acids is 1. The van der Waals surface area contributed by atoms with Crippen molar-refractivity contribution in [3.05, 3.63) is 42.1 Å². The van der Waals surface area contributed by atoms with Crippen LogP contribution in [0.25, 0.3) is 0 Å². The lowest BCUT2D eigenvalue weighted by Gasteiger charge is -2.39. The minimum absolute atomic E-state index is 0.175. The van der Waals surface area contributed by atoms with E-state index in [0.29, 0.717) is 18.7 Å². The minimum atomic E-state index is -0.960. The Hall–Kier alpha value is -2.41. The van der Waals surface area contributed by atoms with E-state index in [9.17, 15) is 9.90 Å². The summed E-state index contributed by atoms with van der Waals surface area (Å²) in [5.41, 5.74) is 0.515. The molecule has 0 radical (unpaired) electrons. The fourth-order valence-corrected chi connectivity index (χ4v) is 3.10. The van der Waals surface area contributed by atoms with Crippen LogP contribution in [0.3, 0.4) is 0 Å². The van der Waals surface area contributed by atoms with E-state index in [0.717, 1.165) is 24.5 Å². The quantitative estimate of drug-likeness (QED) is 0.870. The van der Waals surface area contributed by atoms with Crippen LogP contribution in [0, 0.1) is 6.92 Å². The molecule has 24 heavy (non-hydrogen) atoms. The van der Waals surface area contributed by atoms with Gasteiger partial charge < -0.3 is 19.9 Å². The van der Waals surface area contributed by atoms with Crippen LogP contribution in [0.5, 0.6) is 0 Å². The number of anilines is 1. The molecule has 3 heterocycles. The number of β-amino-alcohol motifs (C(OH)–C–C–N with tert-alkyl or cyclic N) is 1. The summed E-state index contributed by atoms with van der Waals surface area (Å²) < 4.78 is 1.76. The predicted octanol–water partition coefficient (Wildman–Crippen LogP) is 0.885. The third-order valence-electron chi connectivity index (χ3n) is 4.42. The molecular weight excluding hydrogens is 306 g/mol. The summed E-state index contributed by atoms with van der Waals surface area (Å²) in [6.45, 7) is 3.42. The molecule has 3 rings (SSSR count). The van der Waals surface area contributed by atoms with Gasteiger partial charge in [-0.15, -0.1) is 0 Å². The number of nitrogens with one attached hydrogen (secondary N) is 1. The lowest BCUT2D eigenvalue weighted by molar-refractivity contribution is 0.0253. The zero-order valence-electron chi connectivity index (χ0n) is 14.1. The Morgan fingerprint density at radius 1 is 1.46 bits per heavy atom. The third-order valence-corrected chi connectivity index (χ3v) is 4.42. The number of piperidine rings is 1. The van der Waals surface area contributed by atoms with Gasteiger partial charge in [0, 0.05) is 44.6 Å². The first-order valence-electron chi connectivity index (χ1n) is 8.12. The molecule has 1 atom stereocenters. The topological polar surface area (TPSA) is 83.3 Å². The fraction of sp³-hybridized carbons (Fsp3) is 0.471. The van der Waals surface area contributed by atoms with Crippen molar-refractivity contribution < 1.29 is 9.90 Å². The number of hydrogen-bond donors (Lipinski definition) is 2. The van der Waals surface area contributed by atoms with E-state index in [-0.39, 0.29) is 12.5 Å². The molecule has 1 amide bonds. The van der Waals surface area contributed by atoms with E-state index >= 15 is 0 Å². The smallest absolute Gasteiger partial charge is 0.267 e. The van der Waals surface area contributed by atoms with E-state index in [4.69, 9.17) is 0 Å². The van der Waals surface area contributed by atoms with Gasteiger partial charge in [-0.25, -0.2) is 9.97 Å². The molecule has 1 fully saturated rings. The van der Waals surface area contributed by atoms with Crippen LogP contribution >= 0.6 is 0 Å². The largest absolute Gasteiger partial charge is 0.386 e. The van der Waals surface area contributed by atoms with Crippen molar-refractivity contribution in [3.8, 4) is 0 Å². The second-order valence-corrected chi connectivity index (χ2v) is 6.45. The lowest BCUT2D eigenvalue weighted by Crippen LogP contribution is -2.54. The highest BCUT2D eigenvalue weighted by molar-refractivity contribution is 5.92. The van der Waals surface area contributed by atoms with Crippen molar-refractivity contribution in [3.63, 3.8) is 0 Å². The maximum Gasteiger partial charge on any atom is 0.267 e. The van der Waals surface area contributed by atoms with Crippen LogP contribution in [0.4, 0.5) is 5.82 Å². The average molecular weight is 329 g/mol. The van der Waals surface area contributed by atoms with Crippen molar-refractivity contribution in [1.82, 2.24) is 19.9 Å². The zero-order valence-corrected chi connectivity index (χ0v) is 14.1. The van der Waals surface area contributed by atoms with Gasteiger partial charge in [-0.05, 0) is 31.9 Å². The SMILES string of the molecule is Cc1cc(N2CCCC(O)(CNC(=O)c3cccn3C)C2)ncn1. The summed E-state index contributed by atoms with van der Waals surface area (Å²) in [6, 6.07) is 5.49. The summed E-state index contributed by atoms with van der Waals surface area (Å²) in [4.78, 5) is 22.7. The Labute approximate surface area is 141 Å². The van der Waals surface area contributed by atoms with Gasteiger partial charge >= 0.3 is 0 Å². The second kappa shape index (κ2) is 6.60. The number of hydrogen-bond acceptors (Lipinski definition) is 5. The van der Waals surface area contributed by atoms with E-state index in [2.05, 4.69) is 15.3 Å². The van der Waals surface area contributed by atoms with Gasteiger partial charge in [0.1, 0.15) is 17.8 Å². The number of rotatable bonds is 4. The molecule has 2 N–H and O–H groups in total. The lowest BCUT2D eigenvalue weighted by atomic mass is 9.92. The molecule has 7 heteroatoms. The fourth-order valence-electron chi connectivity index (χ4n) is 3.10. The van der Waals surface area contributed by atoms with Crippen LogP contribution in [0.1, 0.15) is 29.0 Å². The van der Waals surface area contributed by atoms with Gasteiger partial charge in [-0.2, -0.15) is 0 Å². The number of nitrogens with zero attached hydrogens (tertiary/aromatic N) is 4. The van der Waals surface area contributed by atoms with Crippen LogP contribution in [-0.4, -0.2) is 50.8 Å². The Kier molecular flexibility index (Phi) is 4.53. The number of amides is 1. The van der Waals surface area contributed by atoms with Crippen molar-refractivity contribution in [2.75, 3.05) is 24.5 Å². The van der Waals surface area contributed by atoms with Gasteiger partial charge in [0.25, 0.3) is 5.91 Å². The number of aliphatic hydroxyl groups is 1.